The van der Waals surface area contributed by atoms with Gasteiger partial charge >= 0.3 is 11.9 Å². The number of benzene rings is 1. The smallest absolute Gasteiger partial charge is 0.338 e. The minimum absolute atomic E-state index is 0.0788. The maximum absolute atomic E-state index is 14.8. The molecule has 6 rings (SSSR count). The first-order valence-corrected chi connectivity index (χ1v) is 16.2. The number of allylic oxidation sites excluding steroid dienone is 3. The lowest BCUT2D eigenvalue weighted by Crippen LogP contribution is -2.65. The molecule has 0 bridgehead atoms. The number of carbonyl (C=O) groups is 2. The highest BCUT2D eigenvalue weighted by Gasteiger charge is 2.71. The standard InChI is InChI=1S/C37H49FO4/c1-21(2)23-12-17-37(32(41)42)19-18-35(6)26(30(23)37)10-11-29-34(5)15-13-25(22-8-9-24(31(39)40)27(38)20-22)33(3,4)28(34)14-16-36(29,35)7/h8-9,13,20,23,26,28-30H,1,10-12,14-19H2,2-7H3,(H,39,40)(H,41,42)/t23-,26+,28?,29+,30+,34-,35+,36+,37-/m0/s1. The van der Waals surface area contributed by atoms with Gasteiger partial charge in [-0.05, 0) is 139 Å². The molecule has 9 atom stereocenters. The maximum atomic E-state index is 14.8. The van der Waals surface area contributed by atoms with E-state index in [1.165, 1.54) is 12.1 Å². The summed E-state index contributed by atoms with van der Waals surface area (Å²) in [6.07, 6.45) is 11.2. The third-order valence-corrected chi connectivity index (χ3v) is 14.6. The molecule has 0 aliphatic heterocycles. The molecule has 1 unspecified atom stereocenters. The van der Waals surface area contributed by atoms with Gasteiger partial charge in [0.05, 0.1) is 11.0 Å². The normalized spacial score (nSPS) is 43.7. The van der Waals surface area contributed by atoms with E-state index in [0.717, 1.165) is 74.5 Å². The molecule has 0 spiro atoms. The molecule has 0 saturated heterocycles. The highest BCUT2D eigenvalue weighted by atomic mass is 19.1. The molecule has 5 heteroatoms. The van der Waals surface area contributed by atoms with Gasteiger partial charge in [-0.2, -0.15) is 0 Å². The number of aliphatic carboxylic acids is 1. The van der Waals surface area contributed by atoms with Gasteiger partial charge in [0.2, 0.25) is 0 Å². The number of rotatable bonds is 4. The SMILES string of the molecule is C=C(C)[C@@H]1CC[C@]2(C(=O)O)CC[C@]3(C)[C@H](CC[C@@H]4[C@@]5(C)CC=C(c6ccc(C(=O)O)c(F)c6)C(C)(C)C5CC[C@]43C)[C@@H]12. The fraction of sp³-hybridized carbons (Fsp3) is 0.676. The lowest BCUT2D eigenvalue weighted by Gasteiger charge is -2.72. The first-order valence-electron chi connectivity index (χ1n) is 16.2. The zero-order chi connectivity index (χ0) is 30.6. The van der Waals surface area contributed by atoms with Crippen LogP contribution in [0.25, 0.3) is 5.57 Å². The fourth-order valence-electron chi connectivity index (χ4n) is 12.5. The van der Waals surface area contributed by atoms with Crippen LogP contribution in [0.1, 0.15) is 115 Å². The van der Waals surface area contributed by atoms with Crippen LogP contribution in [0, 0.1) is 62.5 Å². The van der Waals surface area contributed by atoms with Crippen molar-refractivity contribution in [1.82, 2.24) is 0 Å². The van der Waals surface area contributed by atoms with Crippen molar-refractivity contribution in [1.29, 1.82) is 0 Å². The van der Waals surface area contributed by atoms with E-state index >= 15 is 0 Å². The Bertz CT molecular complexity index is 1390. The number of carboxylic acid groups (broad SMARTS) is 2. The molecular weight excluding hydrogens is 527 g/mol. The molecule has 4 fully saturated rings. The van der Waals surface area contributed by atoms with Gasteiger partial charge in [-0.25, -0.2) is 9.18 Å². The number of fused-ring (bicyclic) bond motifs is 7. The summed E-state index contributed by atoms with van der Waals surface area (Å²) in [5.74, 6) is -0.696. The molecule has 5 aliphatic rings. The van der Waals surface area contributed by atoms with Crippen molar-refractivity contribution in [2.75, 3.05) is 0 Å². The Hall–Kier alpha value is -2.43. The molecule has 1 aromatic rings. The molecule has 228 valence electrons. The largest absolute Gasteiger partial charge is 0.481 e. The summed E-state index contributed by atoms with van der Waals surface area (Å²) in [7, 11) is 0. The third kappa shape index (κ3) is 3.63. The predicted octanol–water partition coefficient (Wildman–Crippen LogP) is 9.26. The van der Waals surface area contributed by atoms with Gasteiger partial charge in [0.25, 0.3) is 0 Å². The van der Waals surface area contributed by atoms with Crippen LogP contribution in [0.15, 0.2) is 36.4 Å². The van der Waals surface area contributed by atoms with Crippen molar-refractivity contribution in [3.63, 3.8) is 0 Å². The highest BCUT2D eigenvalue weighted by Crippen LogP contribution is 2.77. The summed E-state index contributed by atoms with van der Waals surface area (Å²) in [4.78, 5) is 24.3. The number of hydrogen-bond donors (Lipinski definition) is 2. The van der Waals surface area contributed by atoms with Crippen LogP contribution in [0.2, 0.25) is 0 Å². The van der Waals surface area contributed by atoms with Crippen molar-refractivity contribution in [2.45, 2.75) is 99.3 Å². The first-order chi connectivity index (χ1) is 19.5. The number of halogens is 1. The molecule has 42 heavy (non-hydrogen) atoms. The quantitative estimate of drug-likeness (QED) is 0.350. The summed E-state index contributed by atoms with van der Waals surface area (Å²) < 4.78 is 14.8. The van der Waals surface area contributed by atoms with Crippen LogP contribution in [0.5, 0.6) is 0 Å². The Morgan fingerprint density at radius 2 is 1.62 bits per heavy atom. The van der Waals surface area contributed by atoms with Crippen LogP contribution in [-0.4, -0.2) is 22.2 Å². The predicted molar refractivity (Wildman–Crippen MR) is 163 cm³/mol. The van der Waals surface area contributed by atoms with Crippen molar-refractivity contribution in [2.24, 2.45) is 56.7 Å². The van der Waals surface area contributed by atoms with E-state index in [4.69, 9.17) is 0 Å². The van der Waals surface area contributed by atoms with Gasteiger partial charge < -0.3 is 10.2 Å². The third-order valence-electron chi connectivity index (χ3n) is 14.6. The van der Waals surface area contributed by atoms with Crippen LogP contribution in [-0.2, 0) is 4.79 Å². The van der Waals surface area contributed by atoms with E-state index in [-0.39, 0.29) is 33.1 Å². The van der Waals surface area contributed by atoms with Crippen molar-refractivity contribution in [3.8, 4) is 0 Å². The second-order valence-electron chi connectivity index (χ2n) is 16.2. The Morgan fingerprint density at radius 1 is 0.905 bits per heavy atom. The lowest BCUT2D eigenvalue weighted by molar-refractivity contribution is -0.227. The summed E-state index contributed by atoms with van der Waals surface area (Å²) >= 11 is 0. The van der Waals surface area contributed by atoms with Crippen LogP contribution in [0.3, 0.4) is 0 Å². The Morgan fingerprint density at radius 3 is 2.24 bits per heavy atom. The molecular formula is C37H49FO4. The Kier molecular flexibility index (Phi) is 6.55. The van der Waals surface area contributed by atoms with Gasteiger partial charge in [-0.3, -0.25) is 4.79 Å². The summed E-state index contributed by atoms with van der Waals surface area (Å²) in [5, 5.41) is 20.0. The average Bonchev–Trinajstić information content (AvgIpc) is 3.30. The van der Waals surface area contributed by atoms with Crippen LogP contribution < -0.4 is 0 Å². The maximum Gasteiger partial charge on any atom is 0.338 e. The summed E-state index contributed by atoms with van der Waals surface area (Å²) in [6.45, 7) is 18.7. The zero-order valence-electron chi connectivity index (χ0n) is 26.4. The fourth-order valence-corrected chi connectivity index (χ4v) is 12.5. The monoisotopic (exact) mass is 576 g/mol. The number of aromatic carboxylic acids is 1. The van der Waals surface area contributed by atoms with Gasteiger partial charge in [0.15, 0.2) is 0 Å². The van der Waals surface area contributed by atoms with Crippen LogP contribution in [0.4, 0.5) is 4.39 Å². The van der Waals surface area contributed by atoms with Crippen molar-refractivity contribution in [3.05, 3.63) is 53.4 Å². The van der Waals surface area contributed by atoms with Gasteiger partial charge in [-0.1, -0.05) is 58.9 Å². The van der Waals surface area contributed by atoms with E-state index < -0.39 is 23.2 Å². The molecule has 0 aromatic heterocycles. The van der Waals surface area contributed by atoms with E-state index in [1.807, 2.05) is 0 Å². The molecule has 4 nitrogen and oxygen atoms in total. The Balaban J connectivity index is 1.38. The van der Waals surface area contributed by atoms with Gasteiger partial charge in [-0.15, -0.1) is 0 Å². The molecule has 0 radical (unpaired) electrons. The van der Waals surface area contributed by atoms with Crippen molar-refractivity contribution < 1.29 is 24.2 Å². The first kappa shape index (κ1) is 29.6. The second-order valence-corrected chi connectivity index (χ2v) is 16.2. The van der Waals surface area contributed by atoms with E-state index in [2.05, 4.69) is 54.2 Å². The molecule has 2 N–H and O–H groups in total. The minimum atomic E-state index is -1.24. The second kappa shape index (κ2) is 9.29. The van der Waals surface area contributed by atoms with E-state index in [9.17, 15) is 24.2 Å². The number of hydrogen-bond acceptors (Lipinski definition) is 2. The molecule has 0 heterocycles. The molecule has 1 aromatic carbocycles. The zero-order valence-corrected chi connectivity index (χ0v) is 26.4. The molecule has 5 aliphatic carbocycles. The van der Waals surface area contributed by atoms with Crippen LogP contribution >= 0.6 is 0 Å². The Labute approximate surface area is 250 Å². The minimum Gasteiger partial charge on any atom is -0.481 e. The topological polar surface area (TPSA) is 74.6 Å². The van der Waals surface area contributed by atoms with Crippen molar-refractivity contribution >= 4 is 17.5 Å². The van der Waals surface area contributed by atoms with Gasteiger partial charge in [0.1, 0.15) is 5.82 Å². The summed E-state index contributed by atoms with van der Waals surface area (Å²) in [6, 6.07) is 4.59. The van der Waals surface area contributed by atoms with Gasteiger partial charge in [0, 0.05) is 0 Å². The van der Waals surface area contributed by atoms with E-state index in [1.54, 1.807) is 6.07 Å². The molecule has 4 saturated carbocycles. The summed E-state index contributed by atoms with van der Waals surface area (Å²) in [5.41, 5.74) is 2.28. The number of carboxylic acids is 2. The lowest BCUT2D eigenvalue weighted by atomic mass is 9.32. The average molecular weight is 577 g/mol. The molecule has 0 amide bonds. The highest BCUT2D eigenvalue weighted by molar-refractivity contribution is 5.88. The van der Waals surface area contributed by atoms with E-state index in [0.29, 0.717) is 23.7 Å².